The predicted octanol–water partition coefficient (Wildman–Crippen LogP) is 1.77. The highest BCUT2D eigenvalue weighted by Gasteiger charge is 2.25. The first-order valence-corrected chi connectivity index (χ1v) is 7.27. The zero-order chi connectivity index (χ0) is 13.8. The largest absolute Gasteiger partial charge is 0.358 e. The molecule has 1 aromatic heterocycles. The van der Waals surface area contributed by atoms with Crippen molar-refractivity contribution in [1.29, 1.82) is 0 Å². The molecule has 1 fully saturated rings. The van der Waals surface area contributed by atoms with Gasteiger partial charge >= 0.3 is 0 Å². The highest BCUT2D eigenvalue weighted by molar-refractivity contribution is 5.49. The Balaban J connectivity index is 2.11. The van der Waals surface area contributed by atoms with Crippen molar-refractivity contribution >= 4 is 5.82 Å². The van der Waals surface area contributed by atoms with Crippen LogP contribution in [0.4, 0.5) is 5.82 Å². The summed E-state index contributed by atoms with van der Waals surface area (Å²) >= 11 is 0. The summed E-state index contributed by atoms with van der Waals surface area (Å²) in [5.74, 6) is 1.05. The van der Waals surface area contributed by atoms with Gasteiger partial charge in [-0.25, -0.2) is 4.98 Å². The van der Waals surface area contributed by atoms with Crippen LogP contribution in [-0.4, -0.2) is 42.6 Å². The zero-order valence-electron chi connectivity index (χ0n) is 12.4. The first kappa shape index (κ1) is 14.3. The van der Waals surface area contributed by atoms with Crippen LogP contribution in [0, 0.1) is 6.92 Å². The van der Waals surface area contributed by atoms with Crippen molar-refractivity contribution in [3.63, 3.8) is 0 Å². The number of likely N-dealkylation sites (tertiary alicyclic amines) is 1. The lowest BCUT2D eigenvalue weighted by molar-refractivity contribution is 0.270. The summed E-state index contributed by atoms with van der Waals surface area (Å²) in [5.41, 5.74) is 8.28. The van der Waals surface area contributed by atoms with E-state index in [4.69, 9.17) is 5.73 Å². The van der Waals surface area contributed by atoms with Gasteiger partial charge in [0, 0.05) is 37.9 Å². The molecule has 2 rings (SSSR count). The van der Waals surface area contributed by atoms with Crippen LogP contribution in [0.1, 0.15) is 30.9 Å². The van der Waals surface area contributed by atoms with E-state index < -0.39 is 0 Å². The van der Waals surface area contributed by atoms with E-state index in [1.165, 1.54) is 30.5 Å². The lowest BCUT2D eigenvalue weighted by Gasteiger charge is -2.29. The molecule has 1 saturated heterocycles. The molecule has 0 aliphatic carbocycles. The van der Waals surface area contributed by atoms with Gasteiger partial charge in [-0.1, -0.05) is 6.92 Å². The fourth-order valence-corrected chi connectivity index (χ4v) is 3.08. The van der Waals surface area contributed by atoms with E-state index in [0.29, 0.717) is 12.6 Å². The Kier molecular flexibility index (Phi) is 4.77. The van der Waals surface area contributed by atoms with Gasteiger partial charge in [0.25, 0.3) is 0 Å². The number of hydrogen-bond donors (Lipinski definition) is 1. The minimum atomic E-state index is 0.557. The highest BCUT2D eigenvalue weighted by atomic mass is 15.2. The minimum absolute atomic E-state index is 0.557. The van der Waals surface area contributed by atoms with Gasteiger partial charge in [-0.15, -0.1) is 0 Å². The lowest BCUT2D eigenvalue weighted by atomic mass is 10.1. The van der Waals surface area contributed by atoms with Crippen molar-refractivity contribution in [2.75, 3.05) is 31.6 Å². The highest BCUT2D eigenvalue weighted by Crippen LogP contribution is 2.23. The third-order valence-electron chi connectivity index (χ3n) is 4.22. The number of nitrogens with two attached hydrogens (primary N) is 1. The van der Waals surface area contributed by atoms with Crippen LogP contribution < -0.4 is 10.6 Å². The molecular formula is C15H26N4. The smallest absolute Gasteiger partial charge is 0.133 e. The van der Waals surface area contributed by atoms with Crippen molar-refractivity contribution in [3.8, 4) is 0 Å². The molecule has 2 N–H and O–H groups in total. The summed E-state index contributed by atoms with van der Waals surface area (Å²) in [6.07, 6.45) is 4.49. The Hall–Kier alpha value is -1.13. The Morgan fingerprint density at radius 1 is 1.53 bits per heavy atom. The molecule has 0 aromatic carbocycles. The number of aryl methyl sites for hydroxylation is 1. The molecule has 1 aliphatic heterocycles. The number of pyridine rings is 1. The van der Waals surface area contributed by atoms with Crippen LogP contribution in [0.2, 0.25) is 0 Å². The van der Waals surface area contributed by atoms with Crippen LogP contribution in [0.5, 0.6) is 0 Å². The first-order valence-electron chi connectivity index (χ1n) is 7.27. The van der Waals surface area contributed by atoms with E-state index in [-0.39, 0.29) is 0 Å². The molecule has 1 aliphatic rings. The minimum Gasteiger partial charge on any atom is -0.358 e. The van der Waals surface area contributed by atoms with Crippen molar-refractivity contribution in [2.45, 2.75) is 39.3 Å². The average molecular weight is 262 g/mol. The van der Waals surface area contributed by atoms with E-state index in [1.54, 1.807) is 0 Å². The summed E-state index contributed by atoms with van der Waals surface area (Å²) in [7, 11) is 2.13. The lowest BCUT2D eigenvalue weighted by Crippen LogP contribution is -2.39. The number of aromatic nitrogens is 1. The zero-order valence-corrected chi connectivity index (χ0v) is 12.4. The van der Waals surface area contributed by atoms with E-state index >= 15 is 0 Å². The SMILES string of the molecule is CCN1CCCC1CN(C)c1nccc(C)c1CN. The maximum absolute atomic E-state index is 5.87. The molecule has 0 bridgehead atoms. The van der Waals surface area contributed by atoms with Gasteiger partial charge in [-0.05, 0) is 44.5 Å². The Labute approximate surface area is 116 Å². The second-order valence-corrected chi connectivity index (χ2v) is 5.44. The average Bonchev–Trinajstić information content (AvgIpc) is 2.85. The third-order valence-corrected chi connectivity index (χ3v) is 4.22. The molecule has 19 heavy (non-hydrogen) atoms. The summed E-state index contributed by atoms with van der Waals surface area (Å²) in [5, 5.41) is 0. The molecule has 0 saturated carbocycles. The Morgan fingerprint density at radius 3 is 3.00 bits per heavy atom. The molecule has 1 unspecified atom stereocenters. The molecular weight excluding hydrogens is 236 g/mol. The van der Waals surface area contributed by atoms with Crippen molar-refractivity contribution in [3.05, 3.63) is 23.4 Å². The van der Waals surface area contributed by atoms with Crippen LogP contribution in [-0.2, 0) is 6.54 Å². The number of rotatable bonds is 5. The second-order valence-electron chi connectivity index (χ2n) is 5.44. The van der Waals surface area contributed by atoms with Crippen LogP contribution >= 0.6 is 0 Å². The van der Waals surface area contributed by atoms with Gasteiger partial charge in [0.2, 0.25) is 0 Å². The van der Waals surface area contributed by atoms with Crippen LogP contribution in [0.15, 0.2) is 12.3 Å². The van der Waals surface area contributed by atoms with Gasteiger partial charge in [-0.3, -0.25) is 4.90 Å². The molecule has 4 heteroatoms. The topological polar surface area (TPSA) is 45.4 Å². The van der Waals surface area contributed by atoms with E-state index in [2.05, 4.69) is 35.7 Å². The molecule has 106 valence electrons. The third kappa shape index (κ3) is 3.07. The molecule has 4 nitrogen and oxygen atoms in total. The molecule has 1 atom stereocenters. The van der Waals surface area contributed by atoms with Gasteiger partial charge < -0.3 is 10.6 Å². The number of nitrogens with zero attached hydrogens (tertiary/aromatic N) is 3. The van der Waals surface area contributed by atoms with E-state index in [1.807, 2.05) is 12.3 Å². The standard InChI is InChI=1S/C15H26N4/c1-4-19-9-5-6-13(19)11-18(3)15-14(10-16)12(2)7-8-17-15/h7-8,13H,4-6,9-11,16H2,1-3H3. The van der Waals surface area contributed by atoms with Crippen molar-refractivity contribution in [2.24, 2.45) is 5.73 Å². The van der Waals surface area contributed by atoms with E-state index in [9.17, 15) is 0 Å². The molecule has 0 spiro atoms. The summed E-state index contributed by atoms with van der Waals surface area (Å²) in [4.78, 5) is 9.37. The number of hydrogen-bond acceptors (Lipinski definition) is 4. The maximum atomic E-state index is 5.87. The molecule has 0 amide bonds. The van der Waals surface area contributed by atoms with E-state index in [0.717, 1.165) is 18.9 Å². The predicted molar refractivity (Wildman–Crippen MR) is 80.4 cm³/mol. The van der Waals surface area contributed by atoms with Gasteiger partial charge in [-0.2, -0.15) is 0 Å². The van der Waals surface area contributed by atoms with Gasteiger partial charge in [0.05, 0.1) is 0 Å². The normalized spacial score (nSPS) is 19.9. The van der Waals surface area contributed by atoms with Crippen LogP contribution in [0.25, 0.3) is 0 Å². The summed E-state index contributed by atoms with van der Waals surface area (Å²) < 4.78 is 0. The molecule has 2 heterocycles. The number of likely N-dealkylation sites (N-methyl/N-ethyl adjacent to an activating group) is 2. The van der Waals surface area contributed by atoms with Crippen molar-refractivity contribution in [1.82, 2.24) is 9.88 Å². The maximum Gasteiger partial charge on any atom is 0.133 e. The van der Waals surface area contributed by atoms with Crippen LogP contribution in [0.3, 0.4) is 0 Å². The second kappa shape index (κ2) is 6.35. The fraction of sp³-hybridized carbons (Fsp3) is 0.667. The Bertz CT molecular complexity index is 419. The van der Waals surface area contributed by atoms with Gasteiger partial charge in [0.1, 0.15) is 5.82 Å². The van der Waals surface area contributed by atoms with Gasteiger partial charge in [0.15, 0.2) is 0 Å². The summed E-state index contributed by atoms with van der Waals surface area (Å²) in [6, 6.07) is 2.69. The van der Waals surface area contributed by atoms with Crippen molar-refractivity contribution < 1.29 is 0 Å². The summed E-state index contributed by atoms with van der Waals surface area (Å²) in [6.45, 7) is 8.33. The molecule has 0 radical (unpaired) electrons. The number of anilines is 1. The molecule has 1 aromatic rings. The fourth-order valence-electron chi connectivity index (χ4n) is 3.08. The Morgan fingerprint density at radius 2 is 2.32 bits per heavy atom. The first-order chi connectivity index (χ1) is 9.17. The quantitative estimate of drug-likeness (QED) is 0.878. The monoisotopic (exact) mass is 262 g/mol.